The molecule has 2 amide bonds. The Bertz CT molecular complexity index is 1090. The molecule has 2 N–H and O–H groups in total. The Balaban J connectivity index is 1.39. The predicted octanol–water partition coefficient (Wildman–Crippen LogP) is 4.30. The largest absolute Gasteiger partial charge is 0.361 e. The summed E-state index contributed by atoms with van der Waals surface area (Å²) in [6.45, 7) is 2.71. The molecule has 4 rings (SSSR count). The lowest BCUT2D eigenvalue weighted by Crippen LogP contribution is -2.30. The van der Waals surface area contributed by atoms with Crippen LogP contribution in [0.1, 0.15) is 17.5 Å². The van der Waals surface area contributed by atoms with Crippen LogP contribution in [0, 0.1) is 18.7 Å². The molecule has 0 aliphatic carbocycles. The van der Waals surface area contributed by atoms with E-state index in [1.807, 2.05) is 13.1 Å². The molecule has 2 heterocycles. The second-order valence-electron chi connectivity index (χ2n) is 7.40. The van der Waals surface area contributed by atoms with Crippen molar-refractivity contribution in [1.82, 2.24) is 9.88 Å². The maximum atomic E-state index is 13.5. The number of anilines is 1. The smallest absolute Gasteiger partial charge is 0.229 e. The summed E-state index contributed by atoms with van der Waals surface area (Å²) in [6.07, 6.45) is 2.63. The van der Waals surface area contributed by atoms with Crippen molar-refractivity contribution in [3.05, 3.63) is 64.6 Å². The van der Waals surface area contributed by atoms with Crippen LogP contribution in [-0.2, 0) is 16.0 Å². The SMILES string of the molecule is Cc1c(Cl)cccc1NC(=O)[C@@H]1CC(=O)N(CCc2c[nH]c3ccc(F)cc23)C1. The van der Waals surface area contributed by atoms with Gasteiger partial charge in [0.15, 0.2) is 0 Å². The van der Waals surface area contributed by atoms with Crippen LogP contribution in [-0.4, -0.2) is 34.8 Å². The van der Waals surface area contributed by atoms with Crippen LogP contribution in [0.2, 0.25) is 5.02 Å². The van der Waals surface area contributed by atoms with E-state index in [4.69, 9.17) is 11.6 Å². The molecule has 150 valence electrons. The highest BCUT2D eigenvalue weighted by Gasteiger charge is 2.34. The summed E-state index contributed by atoms with van der Waals surface area (Å²) in [6, 6.07) is 9.95. The quantitative estimate of drug-likeness (QED) is 0.655. The Hall–Kier alpha value is -2.86. The van der Waals surface area contributed by atoms with E-state index < -0.39 is 5.92 Å². The van der Waals surface area contributed by atoms with Gasteiger partial charge in [0.2, 0.25) is 11.8 Å². The van der Waals surface area contributed by atoms with Crippen molar-refractivity contribution in [3.8, 4) is 0 Å². The minimum Gasteiger partial charge on any atom is -0.361 e. The molecule has 0 bridgehead atoms. The Morgan fingerprint density at radius 2 is 2.17 bits per heavy atom. The predicted molar refractivity (Wildman–Crippen MR) is 111 cm³/mol. The van der Waals surface area contributed by atoms with Crippen molar-refractivity contribution in [2.45, 2.75) is 19.8 Å². The third-order valence-electron chi connectivity index (χ3n) is 5.49. The average Bonchev–Trinajstić information content (AvgIpc) is 3.26. The summed E-state index contributed by atoms with van der Waals surface area (Å²) in [5.74, 6) is -0.913. The Morgan fingerprint density at radius 3 is 3.00 bits per heavy atom. The van der Waals surface area contributed by atoms with Gasteiger partial charge in [0, 0.05) is 47.3 Å². The van der Waals surface area contributed by atoms with Gasteiger partial charge in [-0.05, 0) is 54.8 Å². The van der Waals surface area contributed by atoms with Crippen molar-refractivity contribution >= 4 is 40.0 Å². The zero-order valence-electron chi connectivity index (χ0n) is 16.0. The first-order valence-electron chi connectivity index (χ1n) is 9.51. The summed E-state index contributed by atoms with van der Waals surface area (Å²) >= 11 is 6.10. The normalized spacial score (nSPS) is 16.6. The fourth-order valence-electron chi connectivity index (χ4n) is 3.75. The minimum absolute atomic E-state index is 0.0426. The van der Waals surface area contributed by atoms with Gasteiger partial charge in [0.05, 0.1) is 5.92 Å². The number of carbonyl (C=O) groups is 2. The summed E-state index contributed by atoms with van der Waals surface area (Å²) in [5.41, 5.74) is 3.28. The molecule has 0 spiro atoms. The van der Waals surface area contributed by atoms with E-state index in [0.29, 0.717) is 30.2 Å². The van der Waals surface area contributed by atoms with Crippen molar-refractivity contribution in [2.24, 2.45) is 5.92 Å². The number of carbonyl (C=O) groups excluding carboxylic acids is 2. The number of H-pyrrole nitrogens is 1. The molecule has 0 saturated carbocycles. The summed E-state index contributed by atoms with van der Waals surface area (Å²) in [4.78, 5) is 29.9. The molecule has 3 aromatic rings. The molecule has 7 heteroatoms. The number of aromatic nitrogens is 1. The number of hydrogen-bond acceptors (Lipinski definition) is 2. The van der Waals surface area contributed by atoms with Crippen LogP contribution in [0.15, 0.2) is 42.6 Å². The third-order valence-corrected chi connectivity index (χ3v) is 5.90. The maximum absolute atomic E-state index is 13.5. The van der Waals surface area contributed by atoms with Gasteiger partial charge in [0.25, 0.3) is 0 Å². The Kier molecular flexibility index (Phi) is 5.28. The van der Waals surface area contributed by atoms with E-state index in [0.717, 1.165) is 22.0 Å². The lowest BCUT2D eigenvalue weighted by atomic mass is 10.1. The molecule has 2 aromatic carbocycles. The molecule has 1 atom stereocenters. The van der Waals surface area contributed by atoms with E-state index in [9.17, 15) is 14.0 Å². The standard InChI is InChI=1S/C22H21ClFN3O2/c1-13-18(23)3-2-4-19(13)26-22(29)15-9-21(28)27(12-15)8-7-14-11-25-20-6-5-16(24)10-17(14)20/h2-6,10-11,15,25H,7-9,12H2,1H3,(H,26,29)/t15-/m1/s1. The number of halogens is 2. The lowest BCUT2D eigenvalue weighted by molar-refractivity contribution is -0.128. The summed E-state index contributed by atoms with van der Waals surface area (Å²) in [7, 11) is 0. The number of hydrogen-bond donors (Lipinski definition) is 2. The van der Waals surface area contributed by atoms with Crippen LogP contribution < -0.4 is 5.32 Å². The molecule has 1 aliphatic heterocycles. The van der Waals surface area contributed by atoms with Crippen LogP contribution in [0.3, 0.4) is 0 Å². The van der Waals surface area contributed by atoms with Crippen LogP contribution in [0.5, 0.6) is 0 Å². The van der Waals surface area contributed by atoms with Gasteiger partial charge >= 0.3 is 0 Å². The molecule has 5 nitrogen and oxygen atoms in total. The van der Waals surface area contributed by atoms with Gasteiger partial charge < -0.3 is 15.2 Å². The van der Waals surface area contributed by atoms with Crippen molar-refractivity contribution in [1.29, 1.82) is 0 Å². The van der Waals surface area contributed by atoms with Gasteiger partial charge in [-0.15, -0.1) is 0 Å². The van der Waals surface area contributed by atoms with Crippen molar-refractivity contribution in [3.63, 3.8) is 0 Å². The lowest BCUT2D eigenvalue weighted by Gasteiger charge is -2.17. The highest BCUT2D eigenvalue weighted by atomic mass is 35.5. The molecule has 0 radical (unpaired) electrons. The summed E-state index contributed by atoms with van der Waals surface area (Å²) in [5, 5.41) is 4.29. The van der Waals surface area contributed by atoms with Gasteiger partial charge in [-0.2, -0.15) is 0 Å². The van der Waals surface area contributed by atoms with E-state index >= 15 is 0 Å². The molecule has 1 aromatic heterocycles. The molecule has 1 saturated heterocycles. The average molecular weight is 414 g/mol. The number of amides is 2. The fourth-order valence-corrected chi connectivity index (χ4v) is 3.93. The van der Waals surface area contributed by atoms with Gasteiger partial charge in [-0.3, -0.25) is 9.59 Å². The first-order valence-corrected chi connectivity index (χ1v) is 9.89. The number of nitrogens with zero attached hydrogens (tertiary/aromatic N) is 1. The highest BCUT2D eigenvalue weighted by Crippen LogP contribution is 2.26. The van der Waals surface area contributed by atoms with E-state index in [2.05, 4.69) is 10.3 Å². The molecule has 0 unspecified atom stereocenters. The second-order valence-corrected chi connectivity index (χ2v) is 7.80. The molecule has 1 aliphatic rings. The highest BCUT2D eigenvalue weighted by molar-refractivity contribution is 6.31. The van der Waals surface area contributed by atoms with Crippen LogP contribution >= 0.6 is 11.6 Å². The fraction of sp³-hybridized carbons (Fsp3) is 0.273. The summed E-state index contributed by atoms with van der Waals surface area (Å²) < 4.78 is 13.5. The van der Waals surface area contributed by atoms with Crippen LogP contribution in [0.4, 0.5) is 10.1 Å². The number of rotatable bonds is 5. The number of nitrogens with one attached hydrogen (secondary N) is 2. The zero-order valence-corrected chi connectivity index (χ0v) is 16.7. The first kappa shape index (κ1) is 19.5. The number of likely N-dealkylation sites (tertiary alicyclic amines) is 1. The third kappa shape index (κ3) is 3.98. The number of benzene rings is 2. The minimum atomic E-state index is -0.402. The van der Waals surface area contributed by atoms with Crippen LogP contribution in [0.25, 0.3) is 10.9 Å². The topological polar surface area (TPSA) is 65.2 Å². The van der Waals surface area contributed by atoms with Gasteiger partial charge in [-0.25, -0.2) is 4.39 Å². The van der Waals surface area contributed by atoms with Gasteiger partial charge in [-0.1, -0.05) is 17.7 Å². The monoisotopic (exact) mass is 413 g/mol. The maximum Gasteiger partial charge on any atom is 0.229 e. The van der Waals surface area contributed by atoms with E-state index in [1.54, 1.807) is 29.2 Å². The first-order chi connectivity index (χ1) is 13.9. The number of aromatic amines is 1. The Labute approximate surface area is 172 Å². The molecular weight excluding hydrogens is 393 g/mol. The second kappa shape index (κ2) is 7.87. The van der Waals surface area contributed by atoms with Gasteiger partial charge in [0.1, 0.15) is 5.82 Å². The molecule has 1 fully saturated rings. The zero-order chi connectivity index (χ0) is 20.5. The van der Waals surface area contributed by atoms with E-state index in [1.165, 1.54) is 12.1 Å². The van der Waals surface area contributed by atoms with E-state index in [-0.39, 0.29) is 24.1 Å². The molecule has 29 heavy (non-hydrogen) atoms. The molecular formula is C22H21ClFN3O2. The van der Waals surface area contributed by atoms with Crippen molar-refractivity contribution in [2.75, 3.05) is 18.4 Å². The Morgan fingerprint density at radius 1 is 1.34 bits per heavy atom. The number of fused-ring (bicyclic) bond motifs is 1. The van der Waals surface area contributed by atoms with Crippen molar-refractivity contribution < 1.29 is 14.0 Å².